The minimum absolute atomic E-state index is 0.0400. The number of carbonyl (C=O) groups is 1. The average Bonchev–Trinajstić information content (AvgIpc) is 2.55. The zero-order valence-electron chi connectivity index (χ0n) is 13.0. The number of ether oxygens (including phenoxy) is 1. The van der Waals surface area contributed by atoms with E-state index in [1.807, 2.05) is 48.5 Å². The molecule has 0 aromatic heterocycles. The smallest absolute Gasteiger partial charge is 0.193 e. The minimum atomic E-state index is 0.0400. The summed E-state index contributed by atoms with van der Waals surface area (Å²) in [6, 6.07) is 17.3. The van der Waals surface area contributed by atoms with E-state index in [1.54, 1.807) is 7.11 Å². The highest BCUT2D eigenvalue weighted by Gasteiger charge is 2.14. The molecule has 3 rings (SSSR count). The lowest BCUT2D eigenvalue weighted by atomic mass is 9.92. The first-order chi connectivity index (χ1) is 10.6. The van der Waals surface area contributed by atoms with Crippen molar-refractivity contribution in [2.24, 2.45) is 0 Å². The van der Waals surface area contributed by atoms with Crippen LogP contribution in [0.4, 0.5) is 0 Å². The van der Waals surface area contributed by atoms with Gasteiger partial charge in [0.15, 0.2) is 5.78 Å². The van der Waals surface area contributed by atoms with Crippen molar-refractivity contribution in [3.8, 4) is 5.75 Å². The highest BCUT2D eigenvalue weighted by atomic mass is 16.5. The van der Waals surface area contributed by atoms with Crippen molar-refractivity contribution in [2.75, 3.05) is 7.11 Å². The van der Waals surface area contributed by atoms with Gasteiger partial charge >= 0.3 is 0 Å². The van der Waals surface area contributed by atoms with Gasteiger partial charge in [-0.25, -0.2) is 0 Å². The van der Waals surface area contributed by atoms with Crippen molar-refractivity contribution < 1.29 is 9.53 Å². The van der Waals surface area contributed by atoms with Crippen molar-refractivity contribution in [2.45, 2.75) is 13.8 Å². The van der Waals surface area contributed by atoms with E-state index >= 15 is 0 Å². The lowest BCUT2D eigenvalue weighted by Gasteiger charge is -2.11. The van der Waals surface area contributed by atoms with Gasteiger partial charge in [-0.1, -0.05) is 30.3 Å². The molecule has 110 valence electrons. The Bertz CT molecular complexity index is 837. The number of benzene rings is 3. The van der Waals surface area contributed by atoms with Gasteiger partial charge < -0.3 is 4.74 Å². The molecule has 0 unspecified atom stereocenters. The maximum absolute atomic E-state index is 12.8. The molecule has 0 amide bonds. The van der Waals surface area contributed by atoms with E-state index in [2.05, 4.69) is 19.9 Å². The summed E-state index contributed by atoms with van der Waals surface area (Å²) in [7, 11) is 1.62. The van der Waals surface area contributed by atoms with Crippen LogP contribution in [-0.4, -0.2) is 12.9 Å². The molecule has 0 saturated carbocycles. The van der Waals surface area contributed by atoms with Crippen LogP contribution in [-0.2, 0) is 0 Å². The second-order valence-corrected chi connectivity index (χ2v) is 5.49. The third-order valence-electron chi connectivity index (χ3n) is 4.05. The zero-order chi connectivity index (χ0) is 15.7. The highest BCUT2D eigenvalue weighted by molar-refractivity contribution is 6.17. The number of rotatable bonds is 3. The van der Waals surface area contributed by atoms with E-state index in [4.69, 9.17) is 4.74 Å². The topological polar surface area (TPSA) is 26.3 Å². The van der Waals surface area contributed by atoms with Gasteiger partial charge in [0.1, 0.15) is 5.75 Å². The van der Waals surface area contributed by atoms with Crippen LogP contribution < -0.4 is 4.74 Å². The van der Waals surface area contributed by atoms with E-state index in [1.165, 1.54) is 16.5 Å². The molecular formula is C20H18O2. The first-order valence-corrected chi connectivity index (χ1v) is 7.29. The fourth-order valence-electron chi connectivity index (χ4n) is 2.89. The second kappa shape index (κ2) is 5.64. The standard InChI is InChI=1S/C20H18O2/c1-13-5-4-6-17-18(12-7-14(2)19(13)17)20(21)15-8-10-16(22-3)11-9-15/h4-12H,1-3H3. The Kier molecular flexibility index (Phi) is 3.68. The molecule has 0 aliphatic heterocycles. The van der Waals surface area contributed by atoms with Crippen LogP contribution in [0.3, 0.4) is 0 Å². The third kappa shape index (κ3) is 2.37. The average molecular weight is 290 g/mol. The Hall–Kier alpha value is -2.61. The molecule has 0 aliphatic rings. The maximum Gasteiger partial charge on any atom is 0.193 e. The Labute approximate surface area is 130 Å². The first kappa shape index (κ1) is 14.3. The molecule has 0 N–H and O–H groups in total. The molecule has 0 fully saturated rings. The number of ketones is 1. The molecule has 22 heavy (non-hydrogen) atoms. The summed E-state index contributed by atoms with van der Waals surface area (Å²) >= 11 is 0. The van der Waals surface area contributed by atoms with Crippen LogP contribution in [0.2, 0.25) is 0 Å². The predicted octanol–water partition coefficient (Wildman–Crippen LogP) is 4.70. The largest absolute Gasteiger partial charge is 0.497 e. The summed E-state index contributed by atoms with van der Waals surface area (Å²) in [5, 5.41) is 2.18. The Morgan fingerprint density at radius 2 is 1.55 bits per heavy atom. The van der Waals surface area contributed by atoms with Gasteiger partial charge in [0.25, 0.3) is 0 Å². The highest BCUT2D eigenvalue weighted by Crippen LogP contribution is 2.27. The molecule has 2 heteroatoms. The van der Waals surface area contributed by atoms with Crippen molar-refractivity contribution in [3.63, 3.8) is 0 Å². The van der Waals surface area contributed by atoms with Crippen LogP contribution in [0.1, 0.15) is 27.0 Å². The molecule has 0 bridgehead atoms. The van der Waals surface area contributed by atoms with Gasteiger partial charge in [-0.2, -0.15) is 0 Å². The summed E-state index contributed by atoms with van der Waals surface area (Å²) < 4.78 is 5.15. The van der Waals surface area contributed by atoms with Crippen LogP contribution >= 0.6 is 0 Å². The number of hydrogen-bond donors (Lipinski definition) is 0. The Balaban J connectivity index is 2.15. The number of carbonyl (C=O) groups excluding carboxylic acids is 1. The SMILES string of the molecule is COc1ccc(C(=O)c2ccc(C)c3c(C)cccc23)cc1. The number of hydrogen-bond acceptors (Lipinski definition) is 2. The Morgan fingerprint density at radius 3 is 2.23 bits per heavy atom. The fraction of sp³-hybridized carbons (Fsp3) is 0.150. The second-order valence-electron chi connectivity index (χ2n) is 5.49. The van der Waals surface area contributed by atoms with Crippen molar-refractivity contribution in [3.05, 3.63) is 76.9 Å². The summed E-state index contributed by atoms with van der Waals surface area (Å²) in [6.07, 6.45) is 0. The van der Waals surface area contributed by atoms with Crippen LogP contribution in [0, 0.1) is 13.8 Å². The van der Waals surface area contributed by atoms with Gasteiger partial charge in [-0.3, -0.25) is 4.79 Å². The summed E-state index contributed by atoms with van der Waals surface area (Å²) in [5.74, 6) is 0.791. The van der Waals surface area contributed by atoms with Crippen molar-refractivity contribution in [1.29, 1.82) is 0 Å². The molecule has 3 aromatic carbocycles. The van der Waals surface area contributed by atoms with Crippen LogP contribution in [0.25, 0.3) is 10.8 Å². The predicted molar refractivity (Wildman–Crippen MR) is 89.8 cm³/mol. The molecule has 0 aliphatic carbocycles. The van der Waals surface area contributed by atoms with Gasteiger partial charge in [0.2, 0.25) is 0 Å². The lowest BCUT2D eigenvalue weighted by Crippen LogP contribution is -2.03. The number of fused-ring (bicyclic) bond motifs is 1. The van der Waals surface area contributed by atoms with Gasteiger partial charge in [-0.15, -0.1) is 0 Å². The third-order valence-corrected chi connectivity index (χ3v) is 4.05. The summed E-state index contributed by atoms with van der Waals surface area (Å²) in [5.41, 5.74) is 3.81. The van der Waals surface area contributed by atoms with Crippen LogP contribution in [0.5, 0.6) is 5.75 Å². The molecule has 0 saturated heterocycles. The number of aryl methyl sites for hydroxylation is 2. The van der Waals surface area contributed by atoms with E-state index < -0.39 is 0 Å². The van der Waals surface area contributed by atoms with Gasteiger partial charge in [0, 0.05) is 11.1 Å². The van der Waals surface area contributed by atoms with Crippen molar-refractivity contribution in [1.82, 2.24) is 0 Å². The van der Waals surface area contributed by atoms with E-state index in [0.29, 0.717) is 5.56 Å². The lowest BCUT2D eigenvalue weighted by molar-refractivity contribution is 0.104. The number of methoxy groups -OCH3 is 1. The molecule has 0 atom stereocenters. The molecule has 0 heterocycles. The zero-order valence-corrected chi connectivity index (χ0v) is 13.0. The quantitative estimate of drug-likeness (QED) is 0.654. The molecule has 0 radical (unpaired) electrons. The molecule has 0 spiro atoms. The van der Waals surface area contributed by atoms with Gasteiger partial charge in [0.05, 0.1) is 7.11 Å². The molecule has 3 aromatic rings. The first-order valence-electron chi connectivity index (χ1n) is 7.29. The fourth-order valence-corrected chi connectivity index (χ4v) is 2.89. The van der Waals surface area contributed by atoms with Crippen molar-refractivity contribution >= 4 is 16.6 Å². The van der Waals surface area contributed by atoms with E-state index in [0.717, 1.165) is 16.7 Å². The molecule has 2 nitrogen and oxygen atoms in total. The Morgan fingerprint density at radius 1 is 0.864 bits per heavy atom. The van der Waals surface area contributed by atoms with Crippen LogP contribution in [0.15, 0.2) is 54.6 Å². The maximum atomic E-state index is 12.8. The van der Waals surface area contributed by atoms with Gasteiger partial charge in [-0.05, 0) is 60.0 Å². The monoisotopic (exact) mass is 290 g/mol. The molecular weight excluding hydrogens is 272 g/mol. The minimum Gasteiger partial charge on any atom is -0.497 e. The summed E-state index contributed by atoms with van der Waals surface area (Å²) in [6.45, 7) is 4.16. The normalized spacial score (nSPS) is 10.7. The summed E-state index contributed by atoms with van der Waals surface area (Å²) in [4.78, 5) is 12.8. The van der Waals surface area contributed by atoms with E-state index in [9.17, 15) is 4.79 Å². The van der Waals surface area contributed by atoms with E-state index in [-0.39, 0.29) is 5.78 Å².